The van der Waals surface area contributed by atoms with Gasteiger partial charge in [0.2, 0.25) is 0 Å². The van der Waals surface area contributed by atoms with E-state index in [9.17, 15) is 18.0 Å². The minimum atomic E-state index is -4.51. The predicted octanol–water partition coefficient (Wildman–Crippen LogP) is 5.52. The molecule has 9 heteroatoms. The monoisotopic (exact) mass is 439 g/mol. The second-order valence-electron chi connectivity index (χ2n) is 5.91. The summed E-state index contributed by atoms with van der Waals surface area (Å²) in [6, 6.07) is 9.71. The average molecular weight is 439 g/mol. The number of ether oxygens (including phenoxy) is 2. The number of thiocarbonyl (C=S) groups is 1. The number of carbonyl (C=O) groups excluding carboxylic acids is 1. The van der Waals surface area contributed by atoms with Crippen LogP contribution in [0.2, 0.25) is 0 Å². The largest absolute Gasteiger partial charge is 0.493 e. The molecule has 3 rings (SSSR count). The van der Waals surface area contributed by atoms with Crippen LogP contribution >= 0.6 is 24.0 Å². The maximum absolute atomic E-state index is 13.0. The maximum atomic E-state index is 13.0. The van der Waals surface area contributed by atoms with Gasteiger partial charge in [-0.05, 0) is 48.9 Å². The van der Waals surface area contributed by atoms with Crippen LogP contribution in [0.1, 0.15) is 18.1 Å². The molecule has 0 bridgehead atoms. The molecule has 0 unspecified atom stereocenters. The zero-order valence-corrected chi connectivity index (χ0v) is 17.1. The molecule has 0 radical (unpaired) electrons. The third kappa shape index (κ3) is 4.56. The highest BCUT2D eigenvalue weighted by molar-refractivity contribution is 8.27. The number of methoxy groups -OCH3 is 1. The Kier molecular flexibility index (Phi) is 6.18. The van der Waals surface area contributed by atoms with Crippen molar-refractivity contribution in [3.05, 3.63) is 58.5 Å². The van der Waals surface area contributed by atoms with E-state index in [1.807, 2.05) is 6.92 Å². The second kappa shape index (κ2) is 8.46. The SMILES string of the molecule is CCOc1ccc(C=C2SC(=S)N(c3cccc(C(F)(F)F)c3)C2=O)cc1OC. The van der Waals surface area contributed by atoms with Crippen molar-refractivity contribution in [3.8, 4) is 11.5 Å². The number of rotatable bonds is 5. The van der Waals surface area contributed by atoms with Crippen LogP contribution in [-0.2, 0) is 11.0 Å². The summed E-state index contributed by atoms with van der Waals surface area (Å²) < 4.78 is 49.9. The molecule has 1 aliphatic heterocycles. The summed E-state index contributed by atoms with van der Waals surface area (Å²) >= 11 is 6.26. The molecule has 29 heavy (non-hydrogen) atoms. The van der Waals surface area contributed by atoms with Crippen LogP contribution in [0.4, 0.5) is 18.9 Å². The summed E-state index contributed by atoms with van der Waals surface area (Å²) in [5.41, 5.74) is -0.0888. The van der Waals surface area contributed by atoms with Gasteiger partial charge in [0.1, 0.15) is 0 Å². The van der Waals surface area contributed by atoms with Gasteiger partial charge < -0.3 is 9.47 Å². The summed E-state index contributed by atoms with van der Waals surface area (Å²) in [5.74, 6) is 0.602. The highest BCUT2D eigenvalue weighted by atomic mass is 32.2. The fourth-order valence-corrected chi connectivity index (χ4v) is 4.01. The van der Waals surface area contributed by atoms with Crippen molar-refractivity contribution in [2.75, 3.05) is 18.6 Å². The lowest BCUT2D eigenvalue weighted by molar-refractivity contribution is -0.137. The van der Waals surface area contributed by atoms with E-state index in [0.717, 1.165) is 28.8 Å². The number of hydrogen-bond donors (Lipinski definition) is 0. The molecule has 2 aromatic carbocycles. The van der Waals surface area contributed by atoms with Gasteiger partial charge in [-0.3, -0.25) is 9.69 Å². The molecule has 0 N–H and O–H groups in total. The molecule has 2 aromatic rings. The lowest BCUT2D eigenvalue weighted by Gasteiger charge is -2.16. The fourth-order valence-electron chi connectivity index (χ4n) is 2.71. The molecule has 0 spiro atoms. The van der Waals surface area contributed by atoms with Gasteiger partial charge in [0.05, 0.1) is 29.9 Å². The molecule has 4 nitrogen and oxygen atoms in total. The normalized spacial score (nSPS) is 15.9. The molecule has 1 saturated heterocycles. The molecular formula is C20H16F3NO3S2. The van der Waals surface area contributed by atoms with Gasteiger partial charge in [-0.25, -0.2) is 0 Å². The highest BCUT2D eigenvalue weighted by Gasteiger charge is 2.36. The molecular weight excluding hydrogens is 423 g/mol. The Morgan fingerprint density at radius 3 is 2.59 bits per heavy atom. The van der Waals surface area contributed by atoms with Crippen LogP contribution in [-0.4, -0.2) is 23.9 Å². The number of nitrogens with zero attached hydrogens (tertiary/aromatic N) is 1. The van der Waals surface area contributed by atoms with Gasteiger partial charge in [-0.1, -0.05) is 36.1 Å². The van der Waals surface area contributed by atoms with E-state index in [1.54, 1.807) is 24.3 Å². The molecule has 0 aliphatic carbocycles. The zero-order valence-electron chi connectivity index (χ0n) is 15.4. The molecule has 1 heterocycles. The third-order valence-corrected chi connectivity index (χ3v) is 5.31. The molecule has 1 fully saturated rings. The Morgan fingerprint density at radius 2 is 1.93 bits per heavy atom. The number of carbonyl (C=O) groups is 1. The molecule has 0 aromatic heterocycles. The van der Waals surface area contributed by atoms with E-state index < -0.39 is 17.6 Å². The minimum absolute atomic E-state index is 0.0787. The Bertz CT molecular complexity index is 989. The number of alkyl halides is 3. The first-order valence-corrected chi connectivity index (χ1v) is 9.73. The van der Waals surface area contributed by atoms with Gasteiger partial charge in [-0.15, -0.1) is 0 Å². The lowest BCUT2D eigenvalue weighted by Crippen LogP contribution is -2.27. The van der Waals surface area contributed by atoms with Crippen LogP contribution in [0, 0.1) is 0 Å². The van der Waals surface area contributed by atoms with E-state index in [4.69, 9.17) is 21.7 Å². The molecule has 1 amide bonds. The minimum Gasteiger partial charge on any atom is -0.493 e. The van der Waals surface area contributed by atoms with Crippen molar-refractivity contribution in [3.63, 3.8) is 0 Å². The van der Waals surface area contributed by atoms with Crippen molar-refractivity contribution in [2.24, 2.45) is 0 Å². The first-order valence-electron chi connectivity index (χ1n) is 8.50. The van der Waals surface area contributed by atoms with Crippen LogP contribution in [0.25, 0.3) is 6.08 Å². The number of hydrogen-bond acceptors (Lipinski definition) is 5. The quantitative estimate of drug-likeness (QED) is 0.453. The number of benzene rings is 2. The van der Waals surface area contributed by atoms with Gasteiger partial charge in [0, 0.05) is 0 Å². The first-order chi connectivity index (χ1) is 13.7. The molecule has 0 saturated carbocycles. The van der Waals surface area contributed by atoms with Crippen molar-refractivity contribution >= 4 is 46.0 Å². The van der Waals surface area contributed by atoms with E-state index in [1.165, 1.54) is 19.2 Å². The van der Waals surface area contributed by atoms with E-state index >= 15 is 0 Å². The Morgan fingerprint density at radius 1 is 1.17 bits per heavy atom. The third-order valence-electron chi connectivity index (χ3n) is 4.01. The lowest BCUT2D eigenvalue weighted by atomic mass is 10.1. The van der Waals surface area contributed by atoms with Crippen molar-refractivity contribution in [2.45, 2.75) is 13.1 Å². The van der Waals surface area contributed by atoms with Crippen molar-refractivity contribution in [1.29, 1.82) is 0 Å². The van der Waals surface area contributed by atoms with Crippen LogP contribution in [0.3, 0.4) is 0 Å². The molecule has 0 atom stereocenters. The Balaban J connectivity index is 1.91. The Hall–Kier alpha value is -2.52. The summed E-state index contributed by atoms with van der Waals surface area (Å²) in [6.07, 6.45) is -2.89. The summed E-state index contributed by atoms with van der Waals surface area (Å²) in [4.78, 5) is 14.2. The van der Waals surface area contributed by atoms with Gasteiger partial charge in [0.15, 0.2) is 15.8 Å². The average Bonchev–Trinajstić information content (AvgIpc) is 2.95. The van der Waals surface area contributed by atoms with Crippen LogP contribution < -0.4 is 14.4 Å². The first kappa shape index (κ1) is 21.2. The fraction of sp³-hybridized carbons (Fsp3) is 0.200. The number of amides is 1. The number of halogens is 3. The van der Waals surface area contributed by atoms with Gasteiger partial charge in [0.25, 0.3) is 5.91 Å². The zero-order chi connectivity index (χ0) is 21.2. The van der Waals surface area contributed by atoms with E-state index in [0.29, 0.717) is 28.6 Å². The standard InChI is InChI=1S/C20H16F3NO3S2/c1-3-27-15-8-7-12(9-16(15)26-2)10-17-18(25)24(19(28)29-17)14-6-4-5-13(11-14)20(21,22)23/h4-11H,3H2,1-2H3. The topological polar surface area (TPSA) is 38.8 Å². The van der Waals surface area contributed by atoms with E-state index in [2.05, 4.69) is 0 Å². The Labute approximate surface area is 175 Å². The summed E-state index contributed by atoms with van der Waals surface area (Å²) in [6.45, 7) is 2.33. The molecule has 1 aliphatic rings. The van der Waals surface area contributed by atoms with Gasteiger partial charge in [-0.2, -0.15) is 13.2 Å². The molecule has 152 valence electrons. The van der Waals surface area contributed by atoms with Crippen molar-refractivity contribution < 1.29 is 27.4 Å². The van der Waals surface area contributed by atoms with Crippen molar-refractivity contribution in [1.82, 2.24) is 0 Å². The maximum Gasteiger partial charge on any atom is 0.416 e. The summed E-state index contributed by atoms with van der Waals surface area (Å²) in [7, 11) is 1.51. The smallest absolute Gasteiger partial charge is 0.416 e. The number of anilines is 1. The number of thioether (sulfide) groups is 1. The van der Waals surface area contributed by atoms with Crippen LogP contribution in [0.5, 0.6) is 11.5 Å². The van der Waals surface area contributed by atoms with E-state index in [-0.39, 0.29) is 10.0 Å². The van der Waals surface area contributed by atoms with Gasteiger partial charge >= 0.3 is 6.18 Å². The summed E-state index contributed by atoms with van der Waals surface area (Å²) in [5, 5.41) is 0. The highest BCUT2D eigenvalue weighted by Crippen LogP contribution is 2.39. The second-order valence-corrected chi connectivity index (χ2v) is 7.58. The van der Waals surface area contributed by atoms with Crippen LogP contribution in [0.15, 0.2) is 47.4 Å². The predicted molar refractivity (Wildman–Crippen MR) is 111 cm³/mol.